The van der Waals surface area contributed by atoms with Crippen molar-refractivity contribution in [1.82, 2.24) is 5.32 Å². The Morgan fingerprint density at radius 2 is 1.83 bits per heavy atom. The first kappa shape index (κ1) is 17.4. The van der Waals surface area contributed by atoms with Gasteiger partial charge in [-0.2, -0.15) is 0 Å². The van der Waals surface area contributed by atoms with E-state index in [0.29, 0.717) is 0 Å². The lowest BCUT2D eigenvalue weighted by molar-refractivity contribution is -0.142. The van der Waals surface area contributed by atoms with E-state index in [1.54, 1.807) is 6.07 Å². The van der Waals surface area contributed by atoms with Gasteiger partial charge in [-0.05, 0) is 46.4 Å². The molecule has 1 amide bonds. The molecule has 2 aromatic rings. The average molecular weight is 427 g/mol. The molecule has 0 aromatic heterocycles. The van der Waals surface area contributed by atoms with Crippen LogP contribution in [-0.4, -0.2) is 25.0 Å². The van der Waals surface area contributed by atoms with Crippen LogP contribution >= 0.6 is 22.6 Å². The van der Waals surface area contributed by atoms with Gasteiger partial charge in [-0.3, -0.25) is 4.79 Å². The average Bonchev–Trinajstić information content (AvgIpc) is 2.55. The molecule has 23 heavy (non-hydrogen) atoms. The van der Waals surface area contributed by atoms with Crippen LogP contribution in [0.1, 0.15) is 15.9 Å². The summed E-state index contributed by atoms with van der Waals surface area (Å²) in [5.41, 5.74) is 0.793. The first-order valence-electron chi connectivity index (χ1n) is 6.89. The molecule has 6 heteroatoms. The molecule has 0 bridgehead atoms. The second kappa shape index (κ2) is 8.05. The van der Waals surface area contributed by atoms with Crippen LogP contribution in [0, 0.1) is 9.39 Å². The highest BCUT2D eigenvalue weighted by Gasteiger charge is 2.24. The normalized spacial score (nSPS) is 11.6. The molecule has 0 aliphatic rings. The van der Waals surface area contributed by atoms with Crippen molar-refractivity contribution in [3.63, 3.8) is 0 Å². The topological polar surface area (TPSA) is 55.4 Å². The van der Waals surface area contributed by atoms with E-state index in [9.17, 15) is 14.0 Å². The number of hydrogen-bond acceptors (Lipinski definition) is 3. The van der Waals surface area contributed by atoms with Gasteiger partial charge in [0.1, 0.15) is 11.9 Å². The number of esters is 1. The Labute approximate surface area is 147 Å². The van der Waals surface area contributed by atoms with Crippen molar-refractivity contribution in [3.05, 3.63) is 69.0 Å². The van der Waals surface area contributed by atoms with Gasteiger partial charge in [-0.25, -0.2) is 9.18 Å². The van der Waals surface area contributed by atoms with Crippen LogP contribution in [0.2, 0.25) is 0 Å². The Kier molecular flexibility index (Phi) is 6.09. The van der Waals surface area contributed by atoms with Gasteiger partial charge in [0, 0.05) is 9.99 Å². The molecule has 1 atom stereocenters. The van der Waals surface area contributed by atoms with Gasteiger partial charge in [0.05, 0.1) is 12.7 Å². The van der Waals surface area contributed by atoms with Gasteiger partial charge in [0.15, 0.2) is 0 Å². The van der Waals surface area contributed by atoms with E-state index in [-0.39, 0.29) is 12.0 Å². The summed E-state index contributed by atoms with van der Waals surface area (Å²) in [6, 6.07) is 12.2. The summed E-state index contributed by atoms with van der Waals surface area (Å²) in [5, 5.41) is 2.54. The summed E-state index contributed by atoms with van der Waals surface area (Å²) in [6.45, 7) is 0. The Morgan fingerprint density at radius 1 is 1.17 bits per heavy atom. The monoisotopic (exact) mass is 427 g/mol. The zero-order valence-electron chi connectivity index (χ0n) is 12.4. The van der Waals surface area contributed by atoms with Gasteiger partial charge < -0.3 is 10.1 Å². The van der Waals surface area contributed by atoms with E-state index >= 15 is 0 Å². The maximum atomic E-state index is 13.7. The lowest BCUT2D eigenvalue weighted by Gasteiger charge is -2.17. The van der Waals surface area contributed by atoms with E-state index in [2.05, 4.69) is 27.9 Å². The maximum Gasteiger partial charge on any atom is 0.328 e. The third-order valence-electron chi connectivity index (χ3n) is 3.29. The van der Waals surface area contributed by atoms with Crippen molar-refractivity contribution in [2.75, 3.05) is 7.11 Å². The standard InChI is InChI=1S/C17H15FINO3/c1-23-17(22)15(10-11-6-2-5-9-14(11)19)20-16(21)12-7-3-4-8-13(12)18/h2-9,15H,10H2,1H3,(H,20,21)/t15-/m0/s1. The number of nitrogens with one attached hydrogen (secondary N) is 1. The molecule has 0 heterocycles. The van der Waals surface area contributed by atoms with Crippen molar-refractivity contribution in [2.45, 2.75) is 12.5 Å². The van der Waals surface area contributed by atoms with Crippen molar-refractivity contribution in [2.24, 2.45) is 0 Å². The van der Waals surface area contributed by atoms with Crippen molar-refractivity contribution >= 4 is 34.5 Å². The van der Waals surface area contributed by atoms with Gasteiger partial charge in [-0.1, -0.05) is 30.3 Å². The number of amides is 1. The molecule has 0 saturated heterocycles. The number of halogens is 2. The van der Waals surface area contributed by atoms with E-state index in [1.165, 1.54) is 25.3 Å². The number of hydrogen-bond donors (Lipinski definition) is 1. The number of rotatable bonds is 5. The summed E-state index contributed by atoms with van der Waals surface area (Å²) in [5.74, 6) is -1.86. The molecule has 0 spiro atoms. The predicted octanol–water partition coefficient (Wildman–Crippen LogP) is 2.94. The first-order valence-corrected chi connectivity index (χ1v) is 7.97. The van der Waals surface area contributed by atoms with E-state index < -0.39 is 23.7 Å². The zero-order chi connectivity index (χ0) is 16.8. The summed E-state index contributed by atoms with van der Waals surface area (Å²) < 4.78 is 19.4. The fraction of sp³-hybridized carbons (Fsp3) is 0.176. The van der Waals surface area contributed by atoms with Crippen LogP contribution in [0.25, 0.3) is 0 Å². The van der Waals surface area contributed by atoms with Gasteiger partial charge >= 0.3 is 5.97 Å². The minimum absolute atomic E-state index is 0.107. The zero-order valence-corrected chi connectivity index (χ0v) is 14.5. The van der Waals surface area contributed by atoms with E-state index in [1.807, 2.05) is 24.3 Å². The predicted molar refractivity (Wildman–Crippen MR) is 92.5 cm³/mol. The molecule has 0 unspecified atom stereocenters. The van der Waals surface area contributed by atoms with Crippen LogP contribution in [0.15, 0.2) is 48.5 Å². The van der Waals surface area contributed by atoms with E-state index in [4.69, 9.17) is 4.74 Å². The first-order chi connectivity index (χ1) is 11.0. The molecular formula is C17H15FINO3. The molecule has 0 saturated carbocycles. The molecule has 0 radical (unpaired) electrons. The van der Waals surface area contributed by atoms with Crippen LogP contribution in [0.3, 0.4) is 0 Å². The fourth-order valence-corrected chi connectivity index (χ4v) is 2.71. The molecule has 0 fully saturated rings. The van der Waals surface area contributed by atoms with Gasteiger partial charge in [-0.15, -0.1) is 0 Å². The third-order valence-corrected chi connectivity index (χ3v) is 4.34. The summed E-state index contributed by atoms with van der Waals surface area (Å²) in [4.78, 5) is 24.2. The molecule has 0 aliphatic heterocycles. The quantitative estimate of drug-likeness (QED) is 0.590. The number of ether oxygens (including phenoxy) is 1. The smallest absolute Gasteiger partial charge is 0.328 e. The van der Waals surface area contributed by atoms with Crippen LogP contribution in [0.5, 0.6) is 0 Å². The largest absolute Gasteiger partial charge is 0.467 e. The SMILES string of the molecule is COC(=O)[C@H](Cc1ccccc1I)NC(=O)c1ccccc1F. The Hall–Kier alpha value is -1.96. The third kappa shape index (κ3) is 4.51. The highest BCUT2D eigenvalue weighted by molar-refractivity contribution is 14.1. The second-order valence-electron chi connectivity index (χ2n) is 4.82. The molecule has 2 aromatic carbocycles. The highest BCUT2D eigenvalue weighted by Crippen LogP contribution is 2.15. The number of carbonyl (C=O) groups excluding carboxylic acids is 2. The molecule has 2 rings (SSSR count). The molecule has 120 valence electrons. The lowest BCUT2D eigenvalue weighted by atomic mass is 10.1. The minimum atomic E-state index is -0.886. The van der Waals surface area contributed by atoms with Crippen molar-refractivity contribution in [1.29, 1.82) is 0 Å². The number of methoxy groups -OCH3 is 1. The van der Waals surface area contributed by atoms with E-state index in [0.717, 1.165) is 9.13 Å². The summed E-state index contributed by atoms with van der Waals surface area (Å²) in [7, 11) is 1.25. The fourth-order valence-electron chi connectivity index (χ4n) is 2.10. The second-order valence-corrected chi connectivity index (χ2v) is 5.99. The summed E-state index contributed by atoms with van der Waals surface area (Å²) >= 11 is 2.15. The maximum absolute atomic E-state index is 13.7. The molecule has 4 nitrogen and oxygen atoms in total. The number of carbonyl (C=O) groups is 2. The van der Waals surface area contributed by atoms with Crippen LogP contribution in [-0.2, 0) is 16.0 Å². The molecule has 0 aliphatic carbocycles. The van der Waals surface area contributed by atoms with Gasteiger partial charge in [0.2, 0.25) is 0 Å². The summed E-state index contributed by atoms with van der Waals surface area (Å²) in [6.07, 6.45) is 0.270. The molecular weight excluding hydrogens is 412 g/mol. The highest BCUT2D eigenvalue weighted by atomic mass is 127. The Morgan fingerprint density at radius 3 is 2.48 bits per heavy atom. The van der Waals surface area contributed by atoms with Gasteiger partial charge in [0.25, 0.3) is 5.91 Å². The van der Waals surface area contributed by atoms with Crippen molar-refractivity contribution in [3.8, 4) is 0 Å². The van der Waals surface area contributed by atoms with Crippen LogP contribution in [0.4, 0.5) is 4.39 Å². The Bertz CT molecular complexity index is 720. The Balaban J connectivity index is 2.20. The number of benzene rings is 2. The molecule has 1 N–H and O–H groups in total. The van der Waals surface area contributed by atoms with Crippen molar-refractivity contribution < 1.29 is 18.7 Å². The minimum Gasteiger partial charge on any atom is -0.467 e. The van der Waals surface area contributed by atoms with Crippen LogP contribution < -0.4 is 5.32 Å². The lowest BCUT2D eigenvalue weighted by Crippen LogP contribution is -2.43.